The van der Waals surface area contributed by atoms with Crippen LogP contribution in [0.15, 0.2) is 91.1 Å². The molecule has 0 spiro atoms. The van der Waals surface area contributed by atoms with Crippen molar-refractivity contribution in [3.8, 4) is 16.9 Å². The predicted molar refractivity (Wildman–Crippen MR) is 127 cm³/mol. The number of aromatic nitrogens is 2. The van der Waals surface area contributed by atoms with Crippen LogP contribution in [0.5, 0.6) is 0 Å². The molecule has 34 heavy (non-hydrogen) atoms. The zero-order valence-electron chi connectivity index (χ0n) is 17.7. The van der Waals surface area contributed by atoms with Crippen LogP contribution in [0.1, 0.15) is 15.9 Å². The van der Waals surface area contributed by atoms with E-state index in [1.165, 1.54) is 42.5 Å². The maximum atomic E-state index is 12.4. The van der Waals surface area contributed by atoms with E-state index < -0.39 is 16.8 Å². The van der Waals surface area contributed by atoms with Crippen molar-refractivity contribution in [3.63, 3.8) is 0 Å². The fraction of sp³-hybridized carbons (Fsp3) is 0. The molecule has 0 saturated carbocycles. The summed E-state index contributed by atoms with van der Waals surface area (Å²) in [7, 11) is 0. The standard InChI is InChI=1S/C25H18N4O5/c30-23(26-20-12-9-17(10-13-20)25(31)32)14-11-19-16-28(21-6-2-1-3-7-21)27-24(19)18-5-4-8-22(15-18)29(33)34/h1-16H,(H,26,30)(H,31,32)/b14-11+. The molecule has 0 radical (unpaired) electrons. The van der Waals surface area contributed by atoms with E-state index in [1.807, 2.05) is 30.3 Å². The van der Waals surface area contributed by atoms with Gasteiger partial charge in [0, 0.05) is 41.2 Å². The Hall–Kier alpha value is -5.05. The summed E-state index contributed by atoms with van der Waals surface area (Å²) in [4.78, 5) is 34.2. The summed E-state index contributed by atoms with van der Waals surface area (Å²) in [6.45, 7) is 0. The molecule has 1 heterocycles. The van der Waals surface area contributed by atoms with E-state index in [-0.39, 0.29) is 11.3 Å². The summed E-state index contributed by atoms with van der Waals surface area (Å²) in [5, 5.41) is 27.5. The average molecular weight is 454 g/mol. The van der Waals surface area contributed by atoms with Gasteiger partial charge in [0.1, 0.15) is 5.69 Å². The lowest BCUT2D eigenvalue weighted by molar-refractivity contribution is -0.384. The molecule has 1 aromatic heterocycles. The third-order valence-corrected chi connectivity index (χ3v) is 4.91. The molecule has 3 aromatic carbocycles. The van der Waals surface area contributed by atoms with Gasteiger partial charge in [-0.15, -0.1) is 0 Å². The second-order valence-electron chi connectivity index (χ2n) is 7.23. The molecule has 4 rings (SSSR count). The van der Waals surface area contributed by atoms with Crippen molar-refractivity contribution in [2.24, 2.45) is 0 Å². The molecule has 0 fully saturated rings. The predicted octanol–water partition coefficient (Wildman–Crippen LogP) is 4.80. The quantitative estimate of drug-likeness (QED) is 0.235. The summed E-state index contributed by atoms with van der Waals surface area (Å²) < 4.78 is 1.64. The molecule has 0 unspecified atom stereocenters. The van der Waals surface area contributed by atoms with E-state index >= 15 is 0 Å². The molecule has 1 amide bonds. The number of carboxylic acid groups (broad SMARTS) is 1. The van der Waals surface area contributed by atoms with Crippen molar-refractivity contribution < 1.29 is 19.6 Å². The average Bonchev–Trinajstić information content (AvgIpc) is 3.28. The van der Waals surface area contributed by atoms with Crippen LogP contribution in [0.3, 0.4) is 0 Å². The smallest absolute Gasteiger partial charge is 0.335 e. The van der Waals surface area contributed by atoms with E-state index in [1.54, 1.807) is 29.1 Å². The van der Waals surface area contributed by atoms with Crippen LogP contribution in [-0.4, -0.2) is 31.7 Å². The molecule has 9 heteroatoms. The lowest BCUT2D eigenvalue weighted by Gasteiger charge is -2.02. The van der Waals surface area contributed by atoms with Crippen LogP contribution in [0.2, 0.25) is 0 Å². The number of carboxylic acids is 1. The van der Waals surface area contributed by atoms with Crippen molar-refractivity contribution in [1.82, 2.24) is 9.78 Å². The van der Waals surface area contributed by atoms with E-state index in [0.29, 0.717) is 22.5 Å². The number of nitrogens with zero attached hydrogens (tertiary/aromatic N) is 3. The van der Waals surface area contributed by atoms with Crippen molar-refractivity contribution in [3.05, 3.63) is 112 Å². The first-order chi connectivity index (χ1) is 16.4. The highest BCUT2D eigenvalue weighted by Crippen LogP contribution is 2.27. The number of aromatic carboxylic acids is 1. The molecule has 4 aromatic rings. The molecular weight excluding hydrogens is 436 g/mol. The number of nitro benzene ring substituents is 1. The Morgan fingerprint density at radius 2 is 1.74 bits per heavy atom. The molecule has 9 nitrogen and oxygen atoms in total. The Bertz CT molecular complexity index is 1390. The number of hydrogen-bond donors (Lipinski definition) is 2. The van der Waals surface area contributed by atoms with Gasteiger partial charge in [0.05, 0.1) is 16.2 Å². The summed E-state index contributed by atoms with van der Waals surface area (Å²) >= 11 is 0. The Labute approximate surface area is 193 Å². The van der Waals surface area contributed by atoms with Gasteiger partial charge in [-0.2, -0.15) is 5.10 Å². The summed E-state index contributed by atoms with van der Waals surface area (Å²) in [5.41, 5.74) is 2.87. The van der Waals surface area contributed by atoms with Gasteiger partial charge >= 0.3 is 5.97 Å². The van der Waals surface area contributed by atoms with Gasteiger partial charge in [-0.3, -0.25) is 14.9 Å². The second-order valence-corrected chi connectivity index (χ2v) is 7.23. The number of non-ortho nitro benzene ring substituents is 1. The van der Waals surface area contributed by atoms with Gasteiger partial charge in [-0.25, -0.2) is 9.48 Å². The molecule has 0 aliphatic carbocycles. The Morgan fingerprint density at radius 1 is 1.00 bits per heavy atom. The van der Waals surface area contributed by atoms with Crippen LogP contribution >= 0.6 is 0 Å². The van der Waals surface area contributed by atoms with Gasteiger partial charge in [-0.05, 0) is 42.5 Å². The number of hydrogen-bond acceptors (Lipinski definition) is 5. The topological polar surface area (TPSA) is 127 Å². The largest absolute Gasteiger partial charge is 0.478 e. The molecular formula is C25H18N4O5. The number of nitro groups is 1. The van der Waals surface area contributed by atoms with Gasteiger partial charge < -0.3 is 10.4 Å². The third-order valence-electron chi connectivity index (χ3n) is 4.91. The summed E-state index contributed by atoms with van der Waals surface area (Å²) in [5.74, 6) is -1.48. The first kappa shape index (κ1) is 22.2. The van der Waals surface area contributed by atoms with Crippen LogP contribution in [0.4, 0.5) is 11.4 Å². The Balaban J connectivity index is 1.64. The van der Waals surface area contributed by atoms with Crippen molar-refractivity contribution in [2.75, 3.05) is 5.32 Å². The summed E-state index contributed by atoms with van der Waals surface area (Å²) in [6, 6.07) is 21.2. The molecule has 0 aliphatic rings. The summed E-state index contributed by atoms with van der Waals surface area (Å²) in [6.07, 6.45) is 4.62. The second kappa shape index (κ2) is 9.61. The number of rotatable bonds is 7. The SMILES string of the molecule is O=C(/C=C/c1cn(-c2ccccc2)nc1-c1cccc([N+](=O)[O-])c1)Nc1ccc(C(=O)O)cc1. The van der Waals surface area contributed by atoms with Crippen molar-refractivity contribution in [1.29, 1.82) is 0 Å². The maximum Gasteiger partial charge on any atom is 0.335 e. The Kier molecular flexibility index (Phi) is 6.26. The number of para-hydroxylation sites is 1. The van der Waals surface area contributed by atoms with Gasteiger partial charge in [-0.1, -0.05) is 30.3 Å². The van der Waals surface area contributed by atoms with Crippen molar-refractivity contribution in [2.45, 2.75) is 0 Å². The van der Waals surface area contributed by atoms with E-state index in [2.05, 4.69) is 10.4 Å². The minimum absolute atomic E-state index is 0.0655. The fourth-order valence-electron chi connectivity index (χ4n) is 3.26. The monoisotopic (exact) mass is 454 g/mol. The normalized spacial score (nSPS) is 10.8. The van der Waals surface area contributed by atoms with Crippen LogP contribution in [-0.2, 0) is 4.79 Å². The van der Waals surface area contributed by atoms with Crippen LogP contribution in [0.25, 0.3) is 23.0 Å². The zero-order valence-corrected chi connectivity index (χ0v) is 17.7. The lowest BCUT2D eigenvalue weighted by Crippen LogP contribution is -2.08. The number of carbonyl (C=O) groups is 2. The van der Waals surface area contributed by atoms with E-state index in [0.717, 1.165) is 5.69 Å². The Morgan fingerprint density at radius 3 is 2.41 bits per heavy atom. The number of nitrogens with one attached hydrogen (secondary N) is 1. The highest BCUT2D eigenvalue weighted by atomic mass is 16.6. The molecule has 0 aliphatic heterocycles. The van der Waals surface area contributed by atoms with E-state index in [9.17, 15) is 19.7 Å². The number of carbonyl (C=O) groups excluding carboxylic acids is 1. The van der Waals surface area contributed by atoms with E-state index in [4.69, 9.17) is 5.11 Å². The first-order valence-electron chi connectivity index (χ1n) is 10.1. The number of benzene rings is 3. The minimum Gasteiger partial charge on any atom is -0.478 e. The lowest BCUT2D eigenvalue weighted by atomic mass is 10.1. The fourth-order valence-corrected chi connectivity index (χ4v) is 3.26. The number of anilines is 1. The third kappa shape index (κ3) is 5.05. The highest BCUT2D eigenvalue weighted by Gasteiger charge is 2.14. The first-order valence-corrected chi connectivity index (χ1v) is 10.1. The molecule has 0 saturated heterocycles. The molecule has 0 bridgehead atoms. The zero-order chi connectivity index (χ0) is 24.1. The van der Waals surface area contributed by atoms with Crippen molar-refractivity contribution >= 4 is 29.3 Å². The molecule has 168 valence electrons. The molecule has 0 atom stereocenters. The van der Waals surface area contributed by atoms with Crippen LogP contribution < -0.4 is 5.32 Å². The van der Waals surface area contributed by atoms with Gasteiger partial charge in [0.25, 0.3) is 5.69 Å². The minimum atomic E-state index is -1.05. The molecule has 2 N–H and O–H groups in total. The highest BCUT2D eigenvalue weighted by molar-refractivity contribution is 6.02. The number of amides is 1. The van der Waals surface area contributed by atoms with Crippen LogP contribution in [0, 0.1) is 10.1 Å². The maximum absolute atomic E-state index is 12.4. The van der Waals surface area contributed by atoms with Gasteiger partial charge in [0.2, 0.25) is 5.91 Å². The van der Waals surface area contributed by atoms with Gasteiger partial charge in [0.15, 0.2) is 0 Å².